The second-order valence-electron chi connectivity index (χ2n) is 5.58. The monoisotopic (exact) mass is 326 g/mol. The van der Waals surface area contributed by atoms with Gasteiger partial charge in [-0.1, -0.05) is 6.92 Å². The summed E-state index contributed by atoms with van der Waals surface area (Å²) in [6.07, 6.45) is 0. The number of halogens is 2. The van der Waals surface area contributed by atoms with Crippen molar-refractivity contribution in [2.24, 2.45) is 4.99 Å². The van der Waals surface area contributed by atoms with Gasteiger partial charge in [-0.3, -0.25) is 4.90 Å². The highest BCUT2D eigenvalue weighted by atomic mass is 19.1. The first-order valence-corrected chi connectivity index (χ1v) is 8.18. The van der Waals surface area contributed by atoms with E-state index < -0.39 is 11.6 Å². The molecule has 0 unspecified atom stereocenters. The molecule has 0 aliphatic heterocycles. The lowest BCUT2D eigenvalue weighted by Crippen LogP contribution is -2.43. The Morgan fingerprint density at radius 1 is 1.22 bits per heavy atom. The molecule has 0 saturated carbocycles. The van der Waals surface area contributed by atoms with Gasteiger partial charge in [0, 0.05) is 31.2 Å². The molecule has 0 fully saturated rings. The van der Waals surface area contributed by atoms with E-state index in [0.717, 1.165) is 31.8 Å². The standard InChI is InChI=1S/C17H28F2N4/c1-5-20-17(21-9-10-23(6-2)13(3)4)22-12-14-11-15(18)7-8-16(14)19/h7-8,11,13H,5-6,9-10,12H2,1-4H3,(H2,20,21,22). The Morgan fingerprint density at radius 3 is 2.57 bits per heavy atom. The lowest BCUT2D eigenvalue weighted by atomic mass is 10.2. The van der Waals surface area contributed by atoms with Crippen molar-refractivity contribution in [2.75, 3.05) is 26.2 Å². The predicted molar refractivity (Wildman–Crippen MR) is 91.6 cm³/mol. The van der Waals surface area contributed by atoms with Crippen molar-refractivity contribution in [3.8, 4) is 0 Å². The van der Waals surface area contributed by atoms with Crippen molar-refractivity contribution < 1.29 is 8.78 Å². The third-order valence-corrected chi connectivity index (χ3v) is 3.59. The fourth-order valence-corrected chi connectivity index (χ4v) is 2.27. The number of guanidine groups is 1. The first kappa shape index (κ1) is 19.4. The van der Waals surface area contributed by atoms with E-state index >= 15 is 0 Å². The number of nitrogens with zero attached hydrogens (tertiary/aromatic N) is 2. The molecule has 0 aliphatic rings. The summed E-state index contributed by atoms with van der Waals surface area (Å²) in [6, 6.07) is 3.90. The number of hydrogen-bond donors (Lipinski definition) is 2. The minimum atomic E-state index is -0.454. The van der Waals surface area contributed by atoms with Crippen LogP contribution in [0.1, 0.15) is 33.3 Å². The molecule has 6 heteroatoms. The molecule has 130 valence electrons. The Balaban J connectivity index is 2.61. The van der Waals surface area contributed by atoms with E-state index in [1.807, 2.05) is 6.92 Å². The van der Waals surface area contributed by atoms with E-state index in [2.05, 4.69) is 41.3 Å². The van der Waals surface area contributed by atoms with Gasteiger partial charge in [-0.05, 0) is 45.5 Å². The maximum Gasteiger partial charge on any atom is 0.191 e. The van der Waals surface area contributed by atoms with Crippen molar-refractivity contribution in [2.45, 2.75) is 40.3 Å². The summed E-state index contributed by atoms with van der Waals surface area (Å²) in [7, 11) is 0. The maximum atomic E-state index is 13.6. The Labute approximate surface area is 138 Å². The number of nitrogens with one attached hydrogen (secondary N) is 2. The van der Waals surface area contributed by atoms with E-state index in [1.54, 1.807) is 0 Å². The average Bonchev–Trinajstić information content (AvgIpc) is 2.51. The Kier molecular flexibility index (Phi) is 8.55. The second-order valence-corrected chi connectivity index (χ2v) is 5.58. The zero-order chi connectivity index (χ0) is 17.2. The predicted octanol–water partition coefficient (Wildman–Crippen LogP) is 2.75. The molecule has 1 aromatic carbocycles. The van der Waals surface area contributed by atoms with Crippen molar-refractivity contribution in [1.29, 1.82) is 0 Å². The van der Waals surface area contributed by atoms with E-state index in [-0.39, 0.29) is 12.1 Å². The van der Waals surface area contributed by atoms with Crippen LogP contribution in [0, 0.1) is 11.6 Å². The first-order valence-electron chi connectivity index (χ1n) is 8.18. The summed E-state index contributed by atoms with van der Waals surface area (Å²) in [5.41, 5.74) is 0.250. The van der Waals surface area contributed by atoms with Crippen LogP contribution in [-0.2, 0) is 6.54 Å². The molecule has 0 saturated heterocycles. The average molecular weight is 326 g/mol. The summed E-state index contributed by atoms with van der Waals surface area (Å²) >= 11 is 0. The van der Waals surface area contributed by atoms with Crippen molar-refractivity contribution >= 4 is 5.96 Å². The van der Waals surface area contributed by atoms with Gasteiger partial charge in [0.1, 0.15) is 11.6 Å². The lowest BCUT2D eigenvalue weighted by Gasteiger charge is -2.25. The molecule has 1 rings (SSSR count). The molecule has 2 N–H and O–H groups in total. The molecular weight excluding hydrogens is 298 g/mol. The third-order valence-electron chi connectivity index (χ3n) is 3.59. The summed E-state index contributed by atoms with van der Waals surface area (Å²) < 4.78 is 26.8. The molecule has 1 aromatic rings. The Bertz CT molecular complexity index is 503. The zero-order valence-corrected chi connectivity index (χ0v) is 14.5. The van der Waals surface area contributed by atoms with Gasteiger partial charge in [0.25, 0.3) is 0 Å². The summed E-state index contributed by atoms with van der Waals surface area (Å²) in [5, 5.41) is 6.34. The third kappa shape index (κ3) is 6.95. The van der Waals surface area contributed by atoms with Crippen molar-refractivity contribution in [1.82, 2.24) is 15.5 Å². The van der Waals surface area contributed by atoms with E-state index in [1.165, 1.54) is 6.07 Å². The SMILES string of the molecule is CCNC(=NCc1cc(F)ccc1F)NCCN(CC)C(C)C. The molecule has 23 heavy (non-hydrogen) atoms. The van der Waals surface area contributed by atoms with Crippen LogP contribution in [0.5, 0.6) is 0 Å². The van der Waals surface area contributed by atoms with Crippen LogP contribution in [-0.4, -0.2) is 43.1 Å². The molecule has 0 aromatic heterocycles. The van der Waals surface area contributed by atoms with E-state index in [9.17, 15) is 8.78 Å². The highest BCUT2D eigenvalue weighted by Gasteiger charge is 2.07. The molecule has 0 spiro atoms. The van der Waals surface area contributed by atoms with Gasteiger partial charge in [0.15, 0.2) is 5.96 Å². The number of aliphatic imine (C=N–C) groups is 1. The smallest absolute Gasteiger partial charge is 0.191 e. The van der Waals surface area contributed by atoms with Crippen molar-refractivity contribution in [3.05, 3.63) is 35.4 Å². The van der Waals surface area contributed by atoms with Gasteiger partial charge in [-0.15, -0.1) is 0 Å². The van der Waals surface area contributed by atoms with Gasteiger partial charge in [-0.25, -0.2) is 13.8 Å². The van der Waals surface area contributed by atoms with Crippen LogP contribution < -0.4 is 10.6 Å². The fourth-order valence-electron chi connectivity index (χ4n) is 2.27. The van der Waals surface area contributed by atoms with Crippen LogP contribution in [0.25, 0.3) is 0 Å². The maximum absolute atomic E-state index is 13.6. The quantitative estimate of drug-likeness (QED) is 0.570. The minimum Gasteiger partial charge on any atom is -0.357 e. The highest BCUT2D eigenvalue weighted by Crippen LogP contribution is 2.10. The number of likely N-dealkylation sites (N-methyl/N-ethyl adjacent to an activating group) is 1. The van der Waals surface area contributed by atoms with Gasteiger partial charge in [0.05, 0.1) is 6.54 Å². The molecule has 0 amide bonds. The molecular formula is C17H28F2N4. The molecule has 0 radical (unpaired) electrons. The lowest BCUT2D eigenvalue weighted by molar-refractivity contribution is 0.237. The van der Waals surface area contributed by atoms with Gasteiger partial charge < -0.3 is 10.6 Å². The first-order chi connectivity index (χ1) is 11.0. The van der Waals surface area contributed by atoms with Gasteiger partial charge >= 0.3 is 0 Å². The van der Waals surface area contributed by atoms with Crippen LogP contribution in [0.4, 0.5) is 8.78 Å². The van der Waals surface area contributed by atoms with Crippen LogP contribution in [0.15, 0.2) is 23.2 Å². The van der Waals surface area contributed by atoms with E-state index in [0.29, 0.717) is 18.5 Å². The summed E-state index contributed by atoms with van der Waals surface area (Å²) in [5.74, 6) is -0.288. The number of hydrogen-bond acceptors (Lipinski definition) is 2. The van der Waals surface area contributed by atoms with Crippen LogP contribution in [0.3, 0.4) is 0 Å². The topological polar surface area (TPSA) is 39.7 Å². The summed E-state index contributed by atoms with van der Waals surface area (Å²) in [6.45, 7) is 11.8. The van der Waals surface area contributed by atoms with Crippen LogP contribution in [0.2, 0.25) is 0 Å². The Morgan fingerprint density at radius 2 is 1.96 bits per heavy atom. The summed E-state index contributed by atoms with van der Waals surface area (Å²) in [4.78, 5) is 6.66. The molecule has 4 nitrogen and oxygen atoms in total. The van der Waals surface area contributed by atoms with Crippen LogP contribution >= 0.6 is 0 Å². The van der Waals surface area contributed by atoms with Gasteiger partial charge in [0.2, 0.25) is 0 Å². The second kappa shape index (κ2) is 10.2. The minimum absolute atomic E-state index is 0.0978. The molecule has 0 aliphatic carbocycles. The Hall–Kier alpha value is -1.69. The molecule has 0 atom stereocenters. The largest absolute Gasteiger partial charge is 0.357 e. The number of benzene rings is 1. The van der Waals surface area contributed by atoms with Crippen molar-refractivity contribution in [3.63, 3.8) is 0 Å². The number of rotatable bonds is 8. The zero-order valence-electron chi connectivity index (χ0n) is 14.5. The molecule has 0 heterocycles. The van der Waals surface area contributed by atoms with E-state index in [4.69, 9.17) is 0 Å². The van der Waals surface area contributed by atoms with Gasteiger partial charge in [-0.2, -0.15) is 0 Å². The normalized spacial score (nSPS) is 12.1. The molecule has 0 bridgehead atoms. The fraction of sp³-hybridized carbons (Fsp3) is 0.588. The highest BCUT2D eigenvalue weighted by molar-refractivity contribution is 5.79.